The fraction of sp³-hybridized carbons (Fsp3) is 0.273. The third kappa shape index (κ3) is 1.53. The Labute approximate surface area is 87.5 Å². The van der Waals surface area contributed by atoms with Crippen molar-refractivity contribution in [1.82, 2.24) is 14.8 Å². The van der Waals surface area contributed by atoms with Crippen molar-refractivity contribution in [3.8, 4) is 11.3 Å². The molecule has 2 aromatic heterocycles. The molecule has 0 N–H and O–H groups in total. The van der Waals surface area contributed by atoms with Crippen LogP contribution >= 0.6 is 0 Å². The summed E-state index contributed by atoms with van der Waals surface area (Å²) in [5.74, 6) is 0. The molecule has 0 atom stereocenters. The molecular weight excluding hydrogens is 190 g/mol. The van der Waals surface area contributed by atoms with Gasteiger partial charge in [0.05, 0.1) is 31.1 Å². The maximum absolute atomic E-state index is 5.37. The summed E-state index contributed by atoms with van der Waals surface area (Å²) in [5.41, 5.74) is 3.25. The second kappa shape index (κ2) is 3.47. The standard InChI is InChI=1S/C11H11N3O/c1-3-12-4-2-9(1)11-7-10-8-15-6-5-14(10)13-11/h1-4,7H,5-6,8H2. The zero-order chi connectivity index (χ0) is 10.1. The van der Waals surface area contributed by atoms with E-state index in [1.54, 1.807) is 12.4 Å². The van der Waals surface area contributed by atoms with Crippen LogP contribution in [0.3, 0.4) is 0 Å². The average Bonchev–Trinajstić information content (AvgIpc) is 2.74. The van der Waals surface area contributed by atoms with E-state index in [0.717, 1.165) is 30.1 Å². The molecule has 76 valence electrons. The Balaban J connectivity index is 2.03. The first-order chi connectivity index (χ1) is 7.43. The van der Waals surface area contributed by atoms with E-state index in [1.807, 2.05) is 16.8 Å². The monoisotopic (exact) mass is 201 g/mol. The molecule has 0 fully saturated rings. The minimum atomic E-state index is 0.665. The Bertz CT molecular complexity index is 440. The van der Waals surface area contributed by atoms with Crippen LogP contribution in [-0.4, -0.2) is 21.4 Å². The first-order valence-electron chi connectivity index (χ1n) is 4.98. The van der Waals surface area contributed by atoms with Gasteiger partial charge in [0.1, 0.15) is 0 Å². The Morgan fingerprint density at radius 3 is 2.93 bits per heavy atom. The number of pyridine rings is 1. The van der Waals surface area contributed by atoms with Gasteiger partial charge in [0.2, 0.25) is 0 Å². The summed E-state index contributed by atoms with van der Waals surface area (Å²) in [7, 11) is 0. The summed E-state index contributed by atoms with van der Waals surface area (Å²) in [4.78, 5) is 3.99. The number of nitrogens with zero attached hydrogens (tertiary/aromatic N) is 3. The largest absolute Gasteiger partial charge is 0.373 e. The Morgan fingerprint density at radius 2 is 2.13 bits per heavy atom. The first kappa shape index (κ1) is 8.61. The lowest BCUT2D eigenvalue weighted by Gasteiger charge is -2.12. The molecule has 0 spiro atoms. The molecule has 0 aliphatic carbocycles. The summed E-state index contributed by atoms with van der Waals surface area (Å²) in [6.45, 7) is 2.27. The highest BCUT2D eigenvalue weighted by molar-refractivity contribution is 5.58. The number of rotatable bonds is 1. The van der Waals surface area contributed by atoms with Crippen molar-refractivity contribution in [3.63, 3.8) is 0 Å². The van der Waals surface area contributed by atoms with Crippen molar-refractivity contribution in [3.05, 3.63) is 36.3 Å². The fourth-order valence-electron chi connectivity index (χ4n) is 1.76. The topological polar surface area (TPSA) is 39.9 Å². The molecule has 0 saturated carbocycles. The summed E-state index contributed by atoms with van der Waals surface area (Å²) in [6, 6.07) is 6.01. The van der Waals surface area contributed by atoms with Crippen LogP contribution in [0.25, 0.3) is 11.3 Å². The molecule has 15 heavy (non-hydrogen) atoms. The quantitative estimate of drug-likeness (QED) is 0.701. The molecule has 0 bridgehead atoms. The van der Waals surface area contributed by atoms with Crippen molar-refractivity contribution in [2.45, 2.75) is 13.2 Å². The van der Waals surface area contributed by atoms with Gasteiger partial charge in [0.15, 0.2) is 0 Å². The minimum Gasteiger partial charge on any atom is -0.373 e. The van der Waals surface area contributed by atoms with Gasteiger partial charge < -0.3 is 4.74 Å². The van der Waals surface area contributed by atoms with Gasteiger partial charge in [-0.3, -0.25) is 9.67 Å². The van der Waals surface area contributed by atoms with Crippen LogP contribution in [0.2, 0.25) is 0 Å². The molecule has 4 heteroatoms. The van der Waals surface area contributed by atoms with Gasteiger partial charge in [-0.05, 0) is 18.2 Å². The van der Waals surface area contributed by atoms with Crippen molar-refractivity contribution in [1.29, 1.82) is 0 Å². The highest BCUT2D eigenvalue weighted by Gasteiger charge is 2.12. The maximum atomic E-state index is 5.37. The van der Waals surface area contributed by atoms with Gasteiger partial charge >= 0.3 is 0 Å². The van der Waals surface area contributed by atoms with Crippen molar-refractivity contribution < 1.29 is 4.74 Å². The second-order valence-corrected chi connectivity index (χ2v) is 3.53. The van der Waals surface area contributed by atoms with Crippen LogP contribution in [0.15, 0.2) is 30.6 Å². The van der Waals surface area contributed by atoms with E-state index in [1.165, 1.54) is 0 Å². The average molecular weight is 201 g/mol. The van der Waals surface area contributed by atoms with Crippen LogP contribution in [-0.2, 0) is 17.9 Å². The normalized spacial score (nSPS) is 14.9. The van der Waals surface area contributed by atoms with Gasteiger partial charge in [-0.2, -0.15) is 5.10 Å². The van der Waals surface area contributed by atoms with Crippen LogP contribution in [0.4, 0.5) is 0 Å². The summed E-state index contributed by atoms with van der Waals surface area (Å²) in [5, 5.41) is 4.53. The lowest BCUT2D eigenvalue weighted by atomic mass is 10.2. The molecule has 3 heterocycles. The predicted octanol–water partition coefficient (Wildman–Crippen LogP) is 1.48. The second-order valence-electron chi connectivity index (χ2n) is 3.53. The third-order valence-corrected chi connectivity index (χ3v) is 2.54. The van der Waals surface area contributed by atoms with E-state index in [0.29, 0.717) is 6.61 Å². The molecule has 4 nitrogen and oxygen atoms in total. The van der Waals surface area contributed by atoms with Gasteiger partial charge in [0, 0.05) is 18.0 Å². The SMILES string of the molecule is c1cc(-c2cc3n(n2)CCOC3)ccn1. The van der Waals surface area contributed by atoms with E-state index < -0.39 is 0 Å². The summed E-state index contributed by atoms with van der Waals surface area (Å²) >= 11 is 0. The molecule has 1 aliphatic heterocycles. The fourth-order valence-corrected chi connectivity index (χ4v) is 1.76. The zero-order valence-corrected chi connectivity index (χ0v) is 8.26. The van der Waals surface area contributed by atoms with E-state index in [2.05, 4.69) is 16.1 Å². The van der Waals surface area contributed by atoms with E-state index >= 15 is 0 Å². The van der Waals surface area contributed by atoms with E-state index in [-0.39, 0.29) is 0 Å². The zero-order valence-electron chi connectivity index (χ0n) is 8.26. The summed E-state index contributed by atoms with van der Waals surface area (Å²) in [6.07, 6.45) is 3.56. The van der Waals surface area contributed by atoms with Gasteiger partial charge in [-0.25, -0.2) is 0 Å². The van der Waals surface area contributed by atoms with Crippen molar-refractivity contribution >= 4 is 0 Å². The molecule has 2 aromatic rings. The molecule has 0 radical (unpaired) electrons. The van der Waals surface area contributed by atoms with Crippen molar-refractivity contribution in [2.24, 2.45) is 0 Å². The van der Waals surface area contributed by atoms with Crippen molar-refractivity contribution in [2.75, 3.05) is 6.61 Å². The van der Waals surface area contributed by atoms with Gasteiger partial charge in [-0.1, -0.05) is 0 Å². The number of hydrogen-bond donors (Lipinski definition) is 0. The Hall–Kier alpha value is -1.68. The summed E-state index contributed by atoms with van der Waals surface area (Å²) < 4.78 is 7.39. The Kier molecular flexibility index (Phi) is 1.99. The number of hydrogen-bond acceptors (Lipinski definition) is 3. The van der Waals surface area contributed by atoms with Crippen LogP contribution in [0, 0.1) is 0 Å². The van der Waals surface area contributed by atoms with Gasteiger partial charge in [0.25, 0.3) is 0 Å². The first-order valence-corrected chi connectivity index (χ1v) is 4.98. The van der Waals surface area contributed by atoms with E-state index in [4.69, 9.17) is 4.74 Å². The molecule has 0 saturated heterocycles. The van der Waals surface area contributed by atoms with Crippen LogP contribution in [0.5, 0.6) is 0 Å². The molecule has 0 unspecified atom stereocenters. The number of ether oxygens (including phenoxy) is 1. The molecular formula is C11H11N3O. The molecule has 3 rings (SSSR count). The lowest BCUT2D eigenvalue weighted by molar-refractivity contribution is 0.0801. The molecule has 1 aliphatic rings. The van der Waals surface area contributed by atoms with E-state index in [9.17, 15) is 0 Å². The maximum Gasteiger partial charge on any atom is 0.0928 e. The highest BCUT2D eigenvalue weighted by Crippen LogP contribution is 2.20. The highest BCUT2D eigenvalue weighted by atomic mass is 16.5. The van der Waals surface area contributed by atoms with Crippen LogP contribution < -0.4 is 0 Å². The predicted molar refractivity (Wildman–Crippen MR) is 55.1 cm³/mol. The van der Waals surface area contributed by atoms with Gasteiger partial charge in [-0.15, -0.1) is 0 Å². The number of fused-ring (bicyclic) bond motifs is 1. The molecule has 0 amide bonds. The minimum absolute atomic E-state index is 0.665. The smallest absolute Gasteiger partial charge is 0.0928 e. The Morgan fingerprint density at radius 1 is 1.27 bits per heavy atom. The molecule has 0 aromatic carbocycles. The lowest BCUT2D eigenvalue weighted by Crippen LogP contribution is -2.16. The number of aromatic nitrogens is 3. The third-order valence-electron chi connectivity index (χ3n) is 2.54. The van der Waals surface area contributed by atoms with Crippen LogP contribution in [0.1, 0.15) is 5.69 Å².